The van der Waals surface area contributed by atoms with Gasteiger partial charge in [-0.15, -0.1) is 10.2 Å². The molecule has 1 amide bonds. The maximum Gasteiger partial charge on any atom is 0.253 e. The van der Waals surface area contributed by atoms with Crippen molar-refractivity contribution in [2.75, 3.05) is 0 Å². The van der Waals surface area contributed by atoms with Crippen LogP contribution < -0.4 is 10.6 Å². The smallest absolute Gasteiger partial charge is 0.253 e. The first-order chi connectivity index (χ1) is 11.7. The Bertz CT molecular complexity index is 754. The summed E-state index contributed by atoms with van der Waals surface area (Å²) in [5, 5.41) is 13.6. The predicted molar refractivity (Wildman–Crippen MR) is 96.9 cm³/mol. The Kier molecular flexibility index (Phi) is 4.60. The van der Waals surface area contributed by atoms with E-state index in [-0.39, 0.29) is 23.0 Å². The molecule has 0 bridgehead atoms. The zero-order valence-electron chi connectivity index (χ0n) is 15.1. The van der Waals surface area contributed by atoms with E-state index in [1.54, 1.807) is 29.4 Å². The van der Waals surface area contributed by atoms with E-state index in [9.17, 15) is 4.79 Å². The third kappa shape index (κ3) is 4.19. The van der Waals surface area contributed by atoms with E-state index < -0.39 is 0 Å². The highest BCUT2D eigenvalue weighted by atomic mass is 35.5. The minimum absolute atomic E-state index is 0.0911. The maximum absolute atomic E-state index is 12.8. The molecule has 25 heavy (non-hydrogen) atoms. The van der Waals surface area contributed by atoms with E-state index in [1.165, 1.54) is 0 Å². The number of quaternary nitrogens is 1. The molecule has 1 saturated heterocycles. The number of halogens is 1. The Morgan fingerprint density at radius 3 is 2.40 bits per heavy atom. The SMILES string of the molecule is CC1(C)CC(NC(=O)c2cc(-n3cnnc3)ccc2Cl)CC(C)(C)[NH2+]1. The fourth-order valence-corrected chi connectivity index (χ4v) is 4.27. The van der Waals surface area contributed by atoms with Crippen LogP contribution in [0.3, 0.4) is 0 Å². The van der Waals surface area contributed by atoms with Crippen LogP contribution in [0.4, 0.5) is 0 Å². The molecule has 3 N–H and O–H groups in total. The van der Waals surface area contributed by atoms with Crippen molar-refractivity contribution < 1.29 is 10.1 Å². The molecule has 1 fully saturated rings. The molecule has 0 aliphatic carbocycles. The molecule has 3 rings (SSSR count). The van der Waals surface area contributed by atoms with Crippen molar-refractivity contribution in [2.45, 2.75) is 57.7 Å². The Labute approximate surface area is 153 Å². The molecule has 1 aromatic heterocycles. The Morgan fingerprint density at radius 2 is 1.80 bits per heavy atom. The van der Waals surface area contributed by atoms with Gasteiger partial charge in [0.1, 0.15) is 12.7 Å². The third-order valence-corrected chi connectivity index (χ3v) is 4.90. The summed E-state index contributed by atoms with van der Waals surface area (Å²) in [6.07, 6.45) is 5.02. The molecule has 1 aliphatic heterocycles. The molecule has 0 saturated carbocycles. The molecule has 1 aromatic carbocycles. The highest BCUT2D eigenvalue weighted by Crippen LogP contribution is 2.24. The van der Waals surface area contributed by atoms with Crippen LogP contribution in [0.15, 0.2) is 30.9 Å². The van der Waals surface area contributed by atoms with E-state index in [2.05, 4.69) is 48.5 Å². The fraction of sp³-hybridized carbons (Fsp3) is 0.500. The van der Waals surface area contributed by atoms with Gasteiger partial charge in [0.25, 0.3) is 5.91 Å². The molecular weight excluding hydrogens is 338 g/mol. The molecule has 0 spiro atoms. The first-order valence-electron chi connectivity index (χ1n) is 8.48. The number of amides is 1. The van der Waals surface area contributed by atoms with Gasteiger partial charge in [0.05, 0.1) is 21.7 Å². The topological polar surface area (TPSA) is 76.4 Å². The summed E-state index contributed by atoms with van der Waals surface area (Å²) in [5.41, 5.74) is 1.46. The van der Waals surface area contributed by atoms with Gasteiger partial charge in [0.15, 0.2) is 0 Å². The minimum atomic E-state index is -0.140. The number of hydrogen-bond donors (Lipinski definition) is 2. The highest BCUT2D eigenvalue weighted by Gasteiger charge is 2.42. The normalized spacial score (nSPS) is 19.6. The number of rotatable bonds is 3. The van der Waals surface area contributed by atoms with E-state index in [4.69, 9.17) is 11.6 Å². The number of aromatic nitrogens is 3. The summed E-state index contributed by atoms with van der Waals surface area (Å²) in [4.78, 5) is 12.8. The largest absolute Gasteiger partial charge is 0.349 e. The number of hydrogen-bond acceptors (Lipinski definition) is 3. The maximum atomic E-state index is 12.8. The molecule has 0 radical (unpaired) electrons. The molecule has 7 heteroatoms. The van der Waals surface area contributed by atoms with Crippen molar-refractivity contribution in [1.29, 1.82) is 0 Å². The van der Waals surface area contributed by atoms with E-state index in [1.807, 2.05) is 6.07 Å². The van der Waals surface area contributed by atoms with Crippen LogP contribution in [0.2, 0.25) is 5.02 Å². The van der Waals surface area contributed by atoms with Crippen molar-refractivity contribution in [3.63, 3.8) is 0 Å². The summed E-state index contributed by atoms with van der Waals surface area (Å²) in [7, 11) is 0. The van der Waals surface area contributed by atoms with Crippen molar-refractivity contribution in [1.82, 2.24) is 20.1 Å². The third-order valence-electron chi connectivity index (χ3n) is 4.57. The summed E-state index contributed by atoms with van der Waals surface area (Å²) in [6, 6.07) is 5.46. The van der Waals surface area contributed by atoms with Gasteiger partial charge in [-0.1, -0.05) is 11.6 Å². The number of carbonyl (C=O) groups is 1. The second-order valence-electron chi connectivity index (χ2n) is 8.23. The lowest BCUT2D eigenvalue weighted by Gasteiger charge is -2.43. The molecule has 1 aliphatic rings. The average Bonchev–Trinajstić information content (AvgIpc) is 2.98. The standard InChI is InChI=1S/C18H24ClN5O/c1-17(2)8-12(9-18(3,4)23-17)22-16(25)14-7-13(5-6-15(14)19)24-10-20-21-11-24/h5-7,10-12,23H,8-9H2,1-4H3,(H,22,25)/p+1. The minimum Gasteiger partial charge on any atom is -0.349 e. The highest BCUT2D eigenvalue weighted by molar-refractivity contribution is 6.33. The second kappa shape index (κ2) is 6.42. The molecule has 134 valence electrons. The lowest BCUT2D eigenvalue weighted by Crippen LogP contribution is -3.06. The van der Waals surface area contributed by atoms with Crippen LogP contribution in [0.1, 0.15) is 50.9 Å². The van der Waals surface area contributed by atoms with Crippen LogP contribution in [0.25, 0.3) is 5.69 Å². The monoisotopic (exact) mass is 362 g/mol. The van der Waals surface area contributed by atoms with Gasteiger partial charge >= 0.3 is 0 Å². The van der Waals surface area contributed by atoms with E-state index in [0.717, 1.165) is 18.5 Å². The Hall–Kier alpha value is -1.92. The van der Waals surface area contributed by atoms with Crippen LogP contribution in [-0.2, 0) is 0 Å². The zero-order chi connectivity index (χ0) is 18.2. The molecule has 6 nitrogen and oxygen atoms in total. The van der Waals surface area contributed by atoms with Crippen molar-refractivity contribution in [2.24, 2.45) is 0 Å². The van der Waals surface area contributed by atoms with Crippen LogP contribution in [0, 0.1) is 0 Å². The zero-order valence-corrected chi connectivity index (χ0v) is 15.8. The van der Waals surface area contributed by atoms with E-state index >= 15 is 0 Å². The number of nitrogens with one attached hydrogen (secondary N) is 1. The molecular formula is C18H25ClN5O+. The Balaban J connectivity index is 1.80. The number of piperidine rings is 1. The van der Waals surface area contributed by atoms with Gasteiger partial charge in [-0.05, 0) is 45.9 Å². The second-order valence-corrected chi connectivity index (χ2v) is 8.64. The van der Waals surface area contributed by atoms with Gasteiger partial charge in [-0.3, -0.25) is 9.36 Å². The van der Waals surface area contributed by atoms with Crippen molar-refractivity contribution >= 4 is 17.5 Å². The lowest BCUT2D eigenvalue weighted by atomic mass is 9.79. The van der Waals surface area contributed by atoms with Gasteiger partial charge in [0.2, 0.25) is 0 Å². The molecule has 2 heterocycles. The molecule has 0 atom stereocenters. The number of benzene rings is 1. The van der Waals surface area contributed by atoms with Gasteiger partial charge < -0.3 is 10.6 Å². The first kappa shape index (κ1) is 17.9. The number of nitrogens with two attached hydrogens (primary N) is 1. The number of carbonyl (C=O) groups excluding carboxylic acids is 1. The average molecular weight is 363 g/mol. The number of nitrogens with zero attached hydrogens (tertiary/aromatic N) is 3. The van der Waals surface area contributed by atoms with Crippen LogP contribution >= 0.6 is 11.6 Å². The van der Waals surface area contributed by atoms with E-state index in [0.29, 0.717) is 10.6 Å². The predicted octanol–water partition coefficient (Wildman–Crippen LogP) is 1.93. The summed E-state index contributed by atoms with van der Waals surface area (Å²) in [6.45, 7) is 8.86. The molecule has 2 aromatic rings. The quantitative estimate of drug-likeness (QED) is 0.876. The molecule has 0 unspecified atom stereocenters. The van der Waals surface area contributed by atoms with Gasteiger partial charge in [-0.2, -0.15) is 0 Å². The van der Waals surface area contributed by atoms with Crippen molar-refractivity contribution in [3.8, 4) is 5.69 Å². The fourth-order valence-electron chi connectivity index (χ4n) is 4.07. The van der Waals surface area contributed by atoms with Gasteiger partial charge in [-0.25, -0.2) is 0 Å². The first-order valence-corrected chi connectivity index (χ1v) is 8.86. The van der Waals surface area contributed by atoms with Crippen LogP contribution in [0.5, 0.6) is 0 Å². The van der Waals surface area contributed by atoms with Crippen molar-refractivity contribution in [3.05, 3.63) is 41.4 Å². The van der Waals surface area contributed by atoms with Gasteiger partial charge in [0, 0.05) is 24.6 Å². The Morgan fingerprint density at radius 1 is 1.20 bits per heavy atom. The lowest BCUT2D eigenvalue weighted by molar-refractivity contribution is -0.787. The summed E-state index contributed by atoms with van der Waals surface area (Å²) < 4.78 is 1.74. The van der Waals surface area contributed by atoms with Crippen LogP contribution in [-0.4, -0.2) is 37.8 Å². The summed E-state index contributed by atoms with van der Waals surface area (Å²) >= 11 is 6.27. The summed E-state index contributed by atoms with van der Waals surface area (Å²) in [5.74, 6) is -0.140.